The van der Waals surface area contributed by atoms with Crippen LogP contribution in [0.1, 0.15) is 69.7 Å². The predicted molar refractivity (Wildman–Crippen MR) is 105 cm³/mol. The highest BCUT2D eigenvalue weighted by Gasteiger charge is 2.36. The van der Waals surface area contributed by atoms with E-state index in [1.807, 2.05) is 12.1 Å². The van der Waals surface area contributed by atoms with Gasteiger partial charge in [0.2, 0.25) is 0 Å². The van der Waals surface area contributed by atoms with Gasteiger partial charge in [0, 0.05) is 0 Å². The lowest BCUT2D eigenvalue weighted by Gasteiger charge is -2.42. The average Bonchev–Trinajstić information content (AvgIpc) is 2.55. The third-order valence-corrected chi connectivity index (χ3v) is 5.69. The van der Waals surface area contributed by atoms with Gasteiger partial charge in [-0.05, 0) is 70.6 Å². The van der Waals surface area contributed by atoms with Gasteiger partial charge in [-0.15, -0.1) is 0 Å². The van der Waals surface area contributed by atoms with Gasteiger partial charge in [0.1, 0.15) is 0 Å². The first-order valence-electron chi connectivity index (χ1n) is 8.96. The maximum atomic E-state index is 9.69. The lowest BCUT2D eigenvalue weighted by Crippen LogP contribution is -2.33. The van der Waals surface area contributed by atoms with E-state index in [1.54, 1.807) is 6.07 Å². The number of allylic oxidation sites excluding steroid dienone is 1. The standard InChI is InChI=1S/C23H28O2/c1-15(12-16-6-9-20(24)21(25)13-16)17-7-8-18-19(14-17)23(4,5)11-10-22(18,2)3/h6-9,12-14,24-25H,10-11H2,1-5H3/b15-12+. The fourth-order valence-corrected chi connectivity index (χ4v) is 3.80. The van der Waals surface area contributed by atoms with E-state index >= 15 is 0 Å². The van der Waals surface area contributed by atoms with Crippen molar-refractivity contribution in [2.75, 3.05) is 0 Å². The van der Waals surface area contributed by atoms with Gasteiger partial charge in [-0.2, -0.15) is 0 Å². The van der Waals surface area contributed by atoms with Crippen molar-refractivity contribution in [3.8, 4) is 11.5 Å². The number of benzene rings is 2. The van der Waals surface area contributed by atoms with Gasteiger partial charge in [-0.1, -0.05) is 58.0 Å². The molecule has 0 amide bonds. The molecule has 0 aromatic heterocycles. The van der Waals surface area contributed by atoms with Gasteiger partial charge in [-0.3, -0.25) is 0 Å². The van der Waals surface area contributed by atoms with E-state index in [0.717, 1.165) is 11.1 Å². The SMILES string of the molecule is C/C(=C\c1ccc(O)c(O)c1)c1ccc2c(c1)C(C)(C)CCC2(C)C. The van der Waals surface area contributed by atoms with E-state index < -0.39 is 0 Å². The number of hydrogen-bond acceptors (Lipinski definition) is 2. The van der Waals surface area contributed by atoms with Crippen molar-refractivity contribution in [3.05, 3.63) is 58.7 Å². The fourth-order valence-electron chi connectivity index (χ4n) is 3.80. The molecule has 0 saturated carbocycles. The van der Waals surface area contributed by atoms with Crippen LogP contribution in [0.2, 0.25) is 0 Å². The molecular formula is C23H28O2. The number of fused-ring (bicyclic) bond motifs is 1. The number of phenols is 2. The molecule has 1 aliphatic carbocycles. The minimum atomic E-state index is -0.0902. The molecule has 1 aliphatic rings. The Bertz CT molecular complexity index is 841. The third kappa shape index (κ3) is 3.30. The molecule has 132 valence electrons. The number of hydrogen-bond donors (Lipinski definition) is 2. The van der Waals surface area contributed by atoms with E-state index in [1.165, 1.54) is 35.6 Å². The molecule has 2 aromatic rings. The topological polar surface area (TPSA) is 40.5 Å². The van der Waals surface area contributed by atoms with Gasteiger partial charge in [0.15, 0.2) is 11.5 Å². The van der Waals surface area contributed by atoms with Crippen molar-refractivity contribution in [1.29, 1.82) is 0 Å². The molecule has 25 heavy (non-hydrogen) atoms. The van der Waals surface area contributed by atoms with Crippen LogP contribution in [0.4, 0.5) is 0 Å². The van der Waals surface area contributed by atoms with Crippen LogP contribution in [0, 0.1) is 0 Å². The Hall–Kier alpha value is -2.22. The molecule has 0 fully saturated rings. The third-order valence-electron chi connectivity index (χ3n) is 5.69. The zero-order valence-corrected chi connectivity index (χ0v) is 15.9. The summed E-state index contributed by atoms with van der Waals surface area (Å²) in [6, 6.07) is 11.7. The van der Waals surface area contributed by atoms with Crippen molar-refractivity contribution < 1.29 is 10.2 Å². The van der Waals surface area contributed by atoms with Gasteiger partial charge in [0.05, 0.1) is 0 Å². The summed E-state index contributed by atoms with van der Waals surface area (Å²) in [5.74, 6) is -0.178. The Labute approximate surface area is 150 Å². The Morgan fingerprint density at radius 3 is 2.12 bits per heavy atom. The molecule has 0 spiro atoms. The zero-order valence-electron chi connectivity index (χ0n) is 15.9. The summed E-state index contributed by atoms with van der Waals surface area (Å²) >= 11 is 0. The molecule has 0 heterocycles. The van der Waals surface area contributed by atoms with Gasteiger partial charge < -0.3 is 10.2 Å². The molecule has 0 bridgehead atoms. The normalized spacial score (nSPS) is 18.7. The number of aromatic hydroxyl groups is 2. The zero-order chi connectivity index (χ0) is 18.4. The van der Waals surface area contributed by atoms with Crippen molar-refractivity contribution in [3.63, 3.8) is 0 Å². The van der Waals surface area contributed by atoms with Crippen LogP contribution in [0.15, 0.2) is 36.4 Å². The second kappa shape index (κ2) is 5.94. The molecule has 0 saturated heterocycles. The second-order valence-corrected chi connectivity index (χ2v) is 8.60. The number of phenolic OH excluding ortho intramolecular Hbond substituents is 2. The van der Waals surface area contributed by atoms with Crippen LogP contribution in [0.3, 0.4) is 0 Å². The Kier molecular flexibility index (Phi) is 4.18. The molecule has 0 atom stereocenters. The van der Waals surface area contributed by atoms with Gasteiger partial charge >= 0.3 is 0 Å². The van der Waals surface area contributed by atoms with Crippen LogP contribution < -0.4 is 0 Å². The van der Waals surface area contributed by atoms with Crippen molar-refractivity contribution in [1.82, 2.24) is 0 Å². The molecule has 0 radical (unpaired) electrons. The summed E-state index contributed by atoms with van der Waals surface area (Å²) in [7, 11) is 0. The lowest BCUT2D eigenvalue weighted by atomic mass is 9.63. The minimum absolute atomic E-state index is 0.0881. The summed E-state index contributed by atoms with van der Waals surface area (Å²) in [5, 5.41) is 19.2. The second-order valence-electron chi connectivity index (χ2n) is 8.60. The lowest BCUT2D eigenvalue weighted by molar-refractivity contribution is 0.332. The maximum absolute atomic E-state index is 9.69. The summed E-state index contributed by atoms with van der Waals surface area (Å²) in [6.45, 7) is 11.4. The Balaban J connectivity index is 2.03. The van der Waals surface area contributed by atoms with Crippen LogP contribution in [0.25, 0.3) is 11.6 Å². The van der Waals surface area contributed by atoms with Gasteiger partial charge in [0.25, 0.3) is 0 Å². The number of rotatable bonds is 2. The molecule has 3 rings (SSSR count). The van der Waals surface area contributed by atoms with E-state index in [2.05, 4.69) is 52.8 Å². The molecule has 2 heteroatoms. The molecule has 0 aliphatic heterocycles. The van der Waals surface area contributed by atoms with E-state index in [4.69, 9.17) is 0 Å². The fraction of sp³-hybridized carbons (Fsp3) is 0.391. The first kappa shape index (κ1) is 17.6. The largest absolute Gasteiger partial charge is 0.504 e. The Morgan fingerprint density at radius 2 is 1.48 bits per heavy atom. The minimum Gasteiger partial charge on any atom is -0.504 e. The summed E-state index contributed by atoms with van der Waals surface area (Å²) < 4.78 is 0. The van der Waals surface area contributed by atoms with Crippen LogP contribution in [-0.2, 0) is 10.8 Å². The van der Waals surface area contributed by atoms with Crippen molar-refractivity contribution >= 4 is 11.6 Å². The molecule has 2 N–H and O–H groups in total. The van der Waals surface area contributed by atoms with E-state index in [0.29, 0.717) is 0 Å². The van der Waals surface area contributed by atoms with Crippen LogP contribution in [-0.4, -0.2) is 10.2 Å². The summed E-state index contributed by atoms with van der Waals surface area (Å²) in [5.41, 5.74) is 6.56. The highest BCUT2D eigenvalue weighted by molar-refractivity contribution is 5.81. The van der Waals surface area contributed by atoms with Crippen LogP contribution >= 0.6 is 0 Å². The Morgan fingerprint density at radius 1 is 0.840 bits per heavy atom. The average molecular weight is 336 g/mol. The quantitative estimate of drug-likeness (QED) is 0.521. The summed E-state index contributed by atoms with van der Waals surface area (Å²) in [6.07, 6.45) is 4.46. The highest BCUT2D eigenvalue weighted by atomic mass is 16.3. The molecule has 2 nitrogen and oxygen atoms in total. The van der Waals surface area contributed by atoms with E-state index in [-0.39, 0.29) is 22.3 Å². The van der Waals surface area contributed by atoms with Crippen molar-refractivity contribution in [2.45, 2.75) is 58.3 Å². The van der Waals surface area contributed by atoms with Crippen LogP contribution in [0.5, 0.6) is 11.5 Å². The first-order valence-corrected chi connectivity index (χ1v) is 8.96. The molecule has 0 unspecified atom stereocenters. The van der Waals surface area contributed by atoms with Gasteiger partial charge in [-0.25, -0.2) is 0 Å². The molecule has 2 aromatic carbocycles. The smallest absolute Gasteiger partial charge is 0.157 e. The first-order chi connectivity index (χ1) is 11.6. The highest BCUT2D eigenvalue weighted by Crippen LogP contribution is 2.46. The van der Waals surface area contributed by atoms with E-state index in [9.17, 15) is 10.2 Å². The predicted octanol–water partition coefficient (Wildman–Crippen LogP) is 6.01. The van der Waals surface area contributed by atoms with Crippen molar-refractivity contribution in [2.24, 2.45) is 0 Å². The molecular weight excluding hydrogens is 308 g/mol. The monoisotopic (exact) mass is 336 g/mol. The summed E-state index contributed by atoms with van der Waals surface area (Å²) in [4.78, 5) is 0. The maximum Gasteiger partial charge on any atom is 0.157 e.